The number of thiophene rings is 1. The van der Waals surface area contributed by atoms with E-state index in [4.69, 9.17) is 0 Å². The quantitative estimate of drug-likeness (QED) is 0.597. The van der Waals surface area contributed by atoms with Gasteiger partial charge in [-0.1, -0.05) is 35.2 Å². The molecule has 2 aromatic heterocycles. The van der Waals surface area contributed by atoms with E-state index in [2.05, 4.69) is 14.9 Å². The maximum Gasteiger partial charge on any atom is 0.280 e. The molecule has 6 nitrogen and oxygen atoms in total. The van der Waals surface area contributed by atoms with Crippen LogP contribution in [0, 0.1) is 6.92 Å². The van der Waals surface area contributed by atoms with Crippen LogP contribution in [0.15, 0.2) is 47.2 Å². The van der Waals surface area contributed by atoms with Crippen LogP contribution in [-0.2, 0) is 4.79 Å². The number of aryl methyl sites for hydroxylation is 1. The van der Waals surface area contributed by atoms with Gasteiger partial charge in [0.05, 0.1) is 0 Å². The molecule has 2 amide bonds. The highest BCUT2D eigenvalue weighted by Crippen LogP contribution is 2.32. The molecule has 0 fully saturated rings. The van der Waals surface area contributed by atoms with Crippen molar-refractivity contribution < 1.29 is 9.59 Å². The Morgan fingerprint density at radius 2 is 1.93 bits per heavy atom. The monoisotopic (exact) mass is 428 g/mol. The molecule has 0 bridgehead atoms. The number of nitrogens with one attached hydrogen (secondary N) is 1. The first-order valence-corrected chi connectivity index (χ1v) is 11.1. The molecule has 152 valence electrons. The molecule has 0 aliphatic heterocycles. The van der Waals surface area contributed by atoms with Crippen molar-refractivity contribution in [2.75, 3.05) is 4.90 Å². The first-order chi connectivity index (χ1) is 13.8. The van der Waals surface area contributed by atoms with Crippen LogP contribution in [0.25, 0.3) is 0 Å². The van der Waals surface area contributed by atoms with E-state index in [-0.39, 0.29) is 17.5 Å². The third kappa shape index (κ3) is 4.89. The number of hydrogen-bond acceptors (Lipinski definition) is 6. The number of hydrogen-bond donors (Lipinski definition) is 1. The van der Waals surface area contributed by atoms with E-state index in [1.807, 2.05) is 69.5 Å². The summed E-state index contributed by atoms with van der Waals surface area (Å²) >= 11 is 2.55. The van der Waals surface area contributed by atoms with Gasteiger partial charge in [0.1, 0.15) is 0 Å². The summed E-state index contributed by atoms with van der Waals surface area (Å²) < 4.78 is 3.82. The van der Waals surface area contributed by atoms with Crippen molar-refractivity contribution in [2.24, 2.45) is 0 Å². The highest BCUT2D eigenvalue weighted by Gasteiger charge is 2.36. The van der Waals surface area contributed by atoms with Crippen LogP contribution in [0.2, 0.25) is 0 Å². The zero-order chi connectivity index (χ0) is 21.0. The minimum absolute atomic E-state index is 0.222. The Morgan fingerprint density at radius 3 is 2.48 bits per heavy atom. The maximum absolute atomic E-state index is 13.4. The highest BCUT2D eigenvalue weighted by atomic mass is 32.1. The second-order valence-electron chi connectivity index (χ2n) is 7.45. The highest BCUT2D eigenvalue weighted by molar-refractivity contribution is 7.10. The summed E-state index contributed by atoms with van der Waals surface area (Å²) in [6.07, 6.45) is 0.768. The van der Waals surface area contributed by atoms with Crippen molar-refractivity contribution in [3.8, 4) is 0 Å². The molecule has 0 spiro atoms. The number of benzene rings is 1. The van der Waals surface area contributed by atoms with Crippen LogP contribution in [0.3, 0.4) is 0 Å². The van der Waals surface area contributed by atoms with Crippen LogP contribution < -0.4 is 10.2 Å². The van der Waals surface area contributed by atoms with Gasteiger partial charge in [-0.25, -0.2) is 0 Å². The zero-order valence-electron chi connectivity index (χ0n) is 16.9. The van der Waals surface area contributed by atoms with Crippen LogP contribution in [0.5, 0.6) is 0 Å². The van der Waals surface area contributed by atoms with E-state index >= 15 is 0 Å². The normalized spacial score (nSPS) is 12.4. The minimum Gasteiger partial charge on any atom is -0.349 e. The summed E-state index contributed by atoms with van der Waals surface area (Å²) in [5.41, 5.74) is 1.54. The Bertz CT molecular complexity index is 951. The van der Waals surface area contributed by atoms with Gasteiger partial charge in [-0.3, -0.25) is 14.5 Å². The fourth-order valence-corrected chi connectivity index (χ4v) is 4.02. The van der Waals surface area contributed by atoms with E-state index < -0.39 is 11.6 Å². The van der Waals surface area contributed by atoms with E-state index in [1.54, 1.807) is 5.38 Å². The fraction of sp³-hybridized carbons (Fsp3) is 0.333. The molecular formula is C21H24N4O2S2. The predicted molar refractivity (Wildman–Crippen MR) is 117 cm³/mol. The lowest BCUT2D eigenvalue weighted by Gasteiger charge is -2.33. The number of anilines is 1. The largest absolute Gasteiger partial charge is 0.349 e. The molecule has 1 aromatic carbocycles. The number of carbonyl (C=O) groups is 2. The molecule has 1 N–H and O–H groups in total. The number of aromatic nitrogens is 2. The molecule has 0 saturated carbocycles. The number of nitrogens with zero attached hydrogens (tertiary/aromatic N) is 3. The van der Waals surface area contributed by atoms with Gasteiger partial charge in [0, 0.05) is 21.5 Å². The predicted octanol–water partition coefficient (Wildman–Crippen LogP) is 4.60. The Kier molecular flexibility index (Phi) is 6.44. The van der Waals surface area contributed by atoms with Crippen molar-refractivity contribution in [2.45, 2.75) is 45.7 Å². The van der Waals surface area contributed by atoms with Crippen molar-refractivity contribution in [3.63, 3.8) is 0 Å². The Hall–Kier alpha value is -2.58. The summed E-state index contributed by atoms with van der Waals surface area (Å²) in [5.74, 6) is -0.582. The van der Waals surface area contributed by atoms with Crippen LogP contribution in [0.1, 0.15) is 54.2 Å². The molecule has 29 heavy (non-hydrogen) atoms. The number of carbonyl (C=O) groups excluding carboxylic acids is 2. The van der Waals surface area contributed by atoms with Gasteiger partial charge in [0.15, 0.2) is 11.7 Å². The zero-order valence-corrected chi connectivity index (χ0v) is 18.5. The van der Waals surface area contributed by atoms with Gasteiger partial charge in [-0.15, -0.1) is 16.4 Å². The van der Waals surface area contributed by atoms with Crippen molar-refractivity contribution in [3.05, 3.63) is 63.3 Å². The molecule has 3 aromatic rings. The molecule has 8 heteroatoms. The molecule has 0 aliphatic carbocycles. The van der Waals surface area contributed by atoms with Gasteiger partial charge in [-0.2, -0.15) is 0 Å². The van der Waals surface area contributed by atoms with Crippen LogP contribution in [0.4, 0.5) is 5.69 Å². The van der Waals surface area contributed by atoms with E-state index in [9.17, 15) is 9.59 Å². The van der Waals surface area contributed by atoms with E-state index in [0.717, 1.165) is 28.4 Å². The first kappa shape index (κ1) is 21.1. The van der Waals surface area contributed by atoms with Crippen molar-refractivity contribution >= 4 is 40.4 Å². The summed E-state index contributed by atoms with van der Waals surface area (Å²) in [6.45, 7) is 7.94. The van der Waals surface area contributed by atoms with Gasteiger partial charge >= 0.3 is 0 Å². The molecule has 0 aliphatic rings. The maximum atomic E-state index is 13.4. The smallest absolute Gasteiger partial charge is 0.280 e. The van der Waals surface area contributed by atoms with Gasteiger partial charge in [0.25, 0.3) is 5.91 Å². The summed E-state index contributed by atoms with van der Waals surface area (Å²) in [7, 11) is 0. The van der Waals surface area contributed by atoms with E-state index in [0.29, 0.717) is 5.69 Å². The topological polar surface area (TPSA) is 75.2 Å². The first-order valence-electron chi connectivity index (χ1n) is 9.35. The lowest BCUT2D eigenvalue weighted by Crippen LogP contribution is -2.50. The molecular weight excluding hydrogens is 404 g/mol. The lowest BCUT2D eigenvalue weighted by atomic mass is 10.0. The van der Waals surface area contributed by atoms with Crippen molar-refractivity contribution in [1.29, 1.82) is 0 Å². The molecule has 1 unspecified atom stereocenters. The Balaban J connectivity index is 2.10. The molecule has 3 rings (SSSR count). The number of amides is 2. The lowest BCUT2D eigenvalue weighted by molar-refractivity contribution is -0.124. The summed E-state index contributed by atoms with van der Waals surface area (Å²) in [5, 5.41) is 10.5. The second-order valence-corrected chi connectivity index (χ2v) is 9.03. The molecule has 0 saturated heterocycles. The number of rotatable bonds is 7. The van der Waals surface area contributed by atoms with Gasteiger partial charge in [0.2, 0.25) is 5.91 Å². The second kappa shape index (κ2) is 8.84. The Labute approximate surface area is 178 Å². The third-order valence-corrected chi connectivity index (χ3v) is 6.20. The minimum atomic E-state index is -0.808. The molecule has 1 atom stereocenters. The third-order valence-electron chi connectivity index (χ3n) is 4.77. The van der Waals surface area contributed by atoms with Gasteiger partial charge < -0.3 is 5.32 Å². The molecule has 0 radical (unpaired) electrons. The van der Waals surface area contributed by atoms with E-state index in [1.165, 1.54) is 16.2 Å². The van der Waals surface area contributed by atoms with Gasteiger partial charge in [-0.05, 0) is 62.3 Å². The summed E-state index contributed by atoms with van der Waals surface area (Å²) in [4.78, 5) is 29.2. The van der Waals surface area contributed by atoms with Crippen LogP contribution >= 0.6 is 22.9 Å². The van der Waals surface area contributed by atoms with Crippen LogP contribution in [-0.4, -0.2) is 26.9 Å². The van der Waals surface area contributed by atoms with Crippen molar-refractivity contribution in [1.82, 2.24) is 14.9 Å². The molecule has 2 heterocycles. The summed E-state index contributed by atoms with van der Waals surface area (Å²) in [6, 6.07) is 10.5. The SMILES string of the molecule is CCC(C)(C)NC(=O)C(c1cccs1)N(C(=O)c1csnn1)c1ccc(C)cc1. The average molecular weight is 429 g/mol. The average Bonchev–Trinajstić information content (AvgIpc) is 3.40. The Morgan fingerprint density at radius 1 is 1.21 bits per heavy atom. The fourth-order valence-electron chi connectivity index (χ4n) is 2.78. The standard InChI is InChI=1S/C21H24N4O2S2/c1-5-21(3,4)22-19(26)18(17-7-6-12-28-17)25(15-10-8-14(2)9-11-15)20(27)16-13-29-24-23-16/h6-13,18H,5H2,1-4H3,(H,22,26).